The first kappa shape index (κ1) is 20.2. The zero-order chi connectivity index (χ0) is 22.0. The van der Waals surface area contributed by atoms with Gasteiger partial charge < -0.3 is 10.2 Å². The van der Waals surface area contributed by atoms with Crippen LogP contribution in [0.15, 0.2) is 55.0 Å². The fraction of sp³-hybridized carbons (Fsp3) is 0.238. The van der Waals surface area contributed by atoms with Crippen LogP contribution in [0.5, 0.6) is 0 Å². The van der Waals surface area contributed by atoms with Crippen molar-refractivity contribution in [3.8, 4) is 5.82 Å². The molecule has 158 valence electrons. The van der Waals surface area contributed by atoms with Crippen LogP contribution >= 0.6 is 0 Å². The first-order chi connectivity index (χ1) is 14.9. The Morgan fingerprint density at radius 2 is 2.10 bits per heavy atom. The summed E-state index contributed by atoms with van der Waals surface area (Å²) < 4.78 is 1.61. The summed E-state index contributed by atoms with van der Waals surface area (Å²) in [5.41, 5.74) is 1.21. The lowest BCUT2D eigenvalue weighted by Crippen LogP contribution is -2.43. The fourth-order valence-corrected chi connectivity index (χ4v) is 3.67. The molecule has 1 aromatic carbocycles. The van der Waals surface area contributed by atoms with Gasteiger partial charge in [-0.3, -0.25) is 19.7 Å². The van der Waals surface area contributed by atoms with E-state index in [1.807, 2.05) is 0 Å². The number of carbonyl (C=O) groups is 2. The standard InChI is InChI=1S/C21H20N6O4/c1-14-12-15(5-7-17(14)27(30)31)21(29)25-10-2-4-18(25)20(28)24-16-6-8-19(22-13-16)26-11-3-9-23-26/h3,5-9,11-13,18H,2,4,10H2,1H3,(H,24,28). The van der Waals surface area contributed by atoms with Gasteiger partial charge in [0, 0.05) is 36.1 Å². The highest BCUT2D eigenvalue weighted by atomic mass is 16.6. The first-order valence-corrected chi connectivity index (χ1v) is 9.77. The summed E-state index contributed by atoms with van der Waals surface area (Å²) in [4.78, 5) is 42.1. The molecule has 0 spiro atoms. The smallest absolute Gasteiger partial charge is 0.272 e. The van der Waals surface area contributed by atoms with Crippen molar-refractivity contribution in [3.05, 3.63) is 76.2 Å². The largest absolute Gasteiger partial charge is 0.327 e. The number of benzene rings is 1. The predicted molar refractivity (Wildman–Crippen MR) is 112 cm³/mol. The molecule has 1 aliphatic rings. The highest BCUT2D eigenvalue weighted by molar-refractivity contribution is 6.01. The maximum Gasteiger partial charge on any atom is 0.272 e. The molecule has 1 atom stereocenters. The summed E-state index contributed by atoms with van der Waals surface area (Å²) >= 11 is 0. The molecule has 1 aliphatic heterocycles. The van der Waals surface area contributed by atoms with E-state index < -0.39 is 11.0 Å². The summed E-state index contributed by atoms with van der Waals surface area (Å²) in [7, 11) is 0. The molecule has 1 fully saturated rings. The number of anilines is 1. The maximum absolute atomic E-state index is 13.0. The third kappa shape index (κ3) is 4.13. The number of rotatable bonds is 5. The van der Waals surface area contributed by atoms with Crippen LogP contribution < -0.4 is 5.32 Å². The Kier molecular flexibility index (Phi) is 5.44. The number of aryl methyl sites for hydroxylation is 1. The Labute approximate surface area is 177 Å². The molecular weight excluding hydrogens is 400 g/mol. The van der Waals surface area contributed by atoms with E-state index in [2.05, 4.69) is 15.4 Å². The molecule has 1 unspecified atom stereocenters. The monoisotopic (exact) mass is 420 g/mol. The van der Waals surface area contributed by atoms with Gasteiger partial charge in [-0.25, -0.2) is 9.67 Å². The molecule has 31 heavy (non-hydrogen) atoms. The minimum absolute atomic E-state index is 0.0432. The average Bonchev–Trinajstić information content (AvgIpc) is 3.45. The molecule has 1 saturated heterocycles. The second-order valence-corrected chi connectivity index (χ2v) is 7.26. The Hall–Kier alpha value is -4.08. The number of carbonyl (C=O) groups excluding carboxylic acids is 2. The summed E-state index contributed by atoms with van der Waals surface area (Å²) in [5, 5.41) is 17.9. The average molecular weight is 420 g/mol. The van der Waals surface area contributed by atoms with E-state index in [0.717, 1.165) is 0 Å². The zero-order valence-corrected chi connectivity index (χ0v) is 16.8. The number of aromatic nitrogens is 3. The van der Waals surface area contributed by atoms with Gasteiger partial charge >= 0.3 is 0 Å². The number of hydrogen-bond acceptors (Lipinski definition) is 6. The quantitative estimate of drug-likeness (QED) is 0.500. The summed E-state index contributed by atoms with van der Waals surface area (Å²) in [5.74, 6) is 0.00939. The molecule has 10 nitrogen and oxygen atoms in total. The molecule has 0 bridgehead atoms. The molecule has 2 amide bonds. The van der Waals surface area contributed by atoms with Crippen LogP contribution in [0.1, 0.15) is 28.8 Å². The summed E-state index contributed by atoms with van der Waals surface area (Å²) in [6.07, 6.45) is 6.20. The van der Waals surface area contributed by atoms with Gasteiger partial charge in [-0.15, -0.1) is 0 Å². The van der Waals surface area contributed by atoms with Crippen molar-refractivity contribution < 1.29 is 14.5 Å². The van der Waals surface area contributed by atoms with E-state index in [0.29, 0.717) is 42.0 Å². The van der Waals surface area contributed by atoms with Crippen molar-refractivity contribution in [2.45, 2.75) is 25.8 Å². The predicted octanol–water partition coefficient (Wildman–Crippen LogP) is 2.73. The van der Waals surface area contributed by atoms with E-state index in [-0.39, 0.29) is 17.5 Å². The molecule has 3 heterocycles. The molecule has 10 heteroatoms. The van der Waals surface area contributed by atoms with Gasteiger partial charge in [0.2, 0.25) is 5.91 Å². The van der Waals surface area contributed by atoms with Crippen molar-refractivity contribution in [1.82, 2.24) is 19.7 Å². The van der Waals surface area contributed by atoms with Crippen molar-refractivity contribution in [2.75, 3.05) is 11.9 Å². The van der Waals surface area contributed by atoms with E-state index >= 15 is 0 Å². The van der Waals surface area contributed by atoms with Crippen LogP contribution in [0.4, 0.5) is 11.4 Å². The SMILES string of the molecule is Cc1cc(C(=O)N2CCCC2C(=O)Nc2ccc(-n3cccn3)nc2)ccc1[N+](=O)[O-]. The Morgan fingerprint density at radius 1 is 1.26 bits per heavy atom. The highest BCUT2D eigenvalue weighted by Gasteiger charge is 2.35. The Morgan fingerprint density at radius 3 is 2.74 bits per heavy atom. The summed E-state index contributed by atoms with van der Waals surface area (Å²) in [6, 6.07) is 8.87. The normalized spacial score (nSPS) is 15.6. The van der Waals surface area contributed by atoms with Crippen LogP contribution in [0.2, 0.25) is 0 Å². The van der Waals surface area contributed by atoms with Crippen LogP contribution in [0, 0.1) is 17.0 Å². The van der Waals surface area contributed by atoms with E-state index in [1.165, 1.54) is 29.3 Å². The van der Waals surface area contributed by atoms with Gasteiger partial charge in [0.15, 0.2) is 5.82 Å². The van der Waals surface area contributed by atoms with Gasteiger partial charge in [-0.1, -0.05) is 0 Å². The van der Waals surface area contributed by atoms with Crippen LogP contribution in [-0.2, 0) is 4.79 Å². The van der Waals surface area contributed by atoms with Crippen LogP contribution in [-0.4, -0.2) is 49.0 Å². The molecule has 1 N–H and O–H groups in total. The number of amides is 2. The zero-order valence-electron chi connectivity index (χ0n) is 16.8. The van der Waals surface area contributed by atoms with Gasteiger partial charge in [-0.2, -0.15) is 5.10 Å². The van der Waals surface area contributed by atoms with E-state index in [9.17, 15) is 19.7 Å². The maximum atomic E-state index is 13.0. The van der Waals surface area contributed by atoms with Gasteiger partial charge in [0.1, 0.15) is 6.04 Å². The molecule has 2 aromatic heterocycles. The number of nitro groups is 1. The molecular formula is C21H20N6O4. The van der Waals surface area contributed by atoms with Crippen molar-refractivity contribution in [3.63, 3.8) is 0 Å². The Balaban J connectivity index is 1.46. The lowest BCUT2D eigenvalue weighted by molar-refractivity contribution is -0.385. The molecule has 3 aromatic rings. The minimum Gasteiger partial charge on any atom is -0.327 e. The number of hydrogen-bond donors (Lipinski definition) is 1. The topological polar surface area (TPSA) is 123 Å². The number of likely N-dealkylation sites (tertiary alicyclic amines) is 1. The Bertz CT molecular complexity index is 1130. The van der Waals surface area contributed by atoms with E-state index in [4.69, 9.17) is 0 Å². The van der Waals surface area contributed by atoms with E-state index in [1.54, 1.807) is 42.2 Å². The van der Waals surface area contributed by atoms with Crippen LogP contribution in [0.25, 0.3) is 5.82 Å². The van der Waals surface area contributed by atoms with Gasteiger partial charge in [-0.05, 0) is 50.1 Å². The second-order valence-electron chi connectivity index (χ2n) is 7.26. The van der Waals surface area contributed by atoms with Crippen molar-refractivity contribution in [1.29, 1.82) is 0 Å². The number of nitrogens with one attached hydrogen (secondary N) is 1. The molecule has 4 rings (SSSR count). The molecule has 0 radical (unpaired) electrons. The highest BCUT2D eigenvalue weighted by Crippen LogP contribution is 2.24. The summed E-state index contributed by atoms with van der Waals surface area (Å²) in [6.45, 7) is 2.03. The lowest BCUT2D eigenvalue weighted by Gasteiger charge is -2.24. The number of nitrogens with zero attached hydrogens (tertiary/aromatic N) is 5. The number of nitro benzene ring substituents is 1. The third-order valence-corrected chi connectivity index (χ3v) is 5.21. The molecule has 0 saturated carbocycles. The van der Waals surface area contributed by atoms with Gasteiger partial charge in [0.25, 0.3) is 11.6 Å². The van der Waals surface area contributed by atoms with Crippen molar-refractivity contribution >= 4 is 23.2 Å². The van der Waals surface area contributed by atoms with Crippen molar-refractivity contribution in [2.24, 2.45) is 0 Å². The fourth-order valence-electron chi connectivity index (χ4n) is 3.67. The number of pyridine rings is 1. The second kappa shape index (κ2) is 8.34. The van der Waals surface area contributed by atoms with Gasteiger partial charge in [0.05, 0.1) is 16.8 Å². The minimum atomic E-state index is -0.617. The lowest BCUT2D eigenvalue weighted by atomic mass is 10.1. The third-order valence-electron chi connectivity index (χ3n) is 5.21. The molecule has 0 aliphatic carbocycles. The first-order valence-electron chi connectivity index (χ1n) is 9.77. The van der Waals surface area contributed by atoms with Crippen LogP contribution in [0.3, 0.4) is 0 Å².